The number of β-amino-alcohol motifs (C(OH)–C–C–N with tert-alkyl or cyclic N) is 1. The fourth-order valence-electron chi connectivity index (χ4n) is 3.50. The number of hydrogen-bond donors (Lipinski definition) is 1. The maximum atomic E-state index is 11.2. The molecular formula is C17H22N4O3. The number of nitrogens with zero attached hydrogens (tertiary/aromatic N) is 4. The van der Waals surface area contributed by atoms with E-state index < -0.39 is 0 Å². The number of nitro groups is 1. The Morgan fingerprint density at radius 2 is 2.17 bits per heavy atom. The molecule has 7 nitrogen and oxygen atoms in total. The fourth-order valence-corrected chi connectivity index (χ4v) is 3.50. The Morgan fingerprint density at radius 1 is 1.38 bits per heavy atom. The van der Waals surface area contributed by atoms with Gasteiger partial charge in [0.15, 0.2) is 0 Å². The molecule has 1 N–H and O–H groups in total. The van der Waals surface area contributed by atoms with Gasteiger partial charge in [-0.2, -0.15) is 0 Å². The van der Waals surface area contributed by atoms with Gasteiger partial charge in [-0.3, -0.25) is 20.0 Å². The van der Waals surface area contributed by atoms with Gasteiger partial charge in [0.2, 0.25) is 0 Å². The first kappa shape index (κ1) is 16.6. The summed E-state index contributed by atoms with van der Waals surface area (Å²) in [5.41, 5.74) is 1.09. The highest BCUT2D eigenvalue weighted by molar-refractivity contribution is 5.99. The van der Waals surface area contributed by atoms with E-state index in [0.717, 1.165) is 30.7 Å². The van der Waals surface area contributed by atoms with Crippen molar-refractivity contribution in [3.05, 3.63) is 40.7 Å². The van der Waals surface area contributed by atoms with Crippen LogP contribution in [-0.2, 0) is 0 Å². The molecule has 2 heterocycles. The minimum Gasteiger partial charge on any atom is -0.392 e. The van der Waals surface area contributed by atoms with E-state index in [2.05, 4.69) is 21.7 Å². The van der Waals surface area contributed by atoms with Gasteiger partial charge in [-0.15, -0.1) is 0 Å². The van der Waals surface area contributed by atoms with Crippen LogP contribution in [0, 0.1) is 10.1 Å². The molecule has 2 aromatic rings. The van der Waals surface area contributed by atoms with Gasteiger partial charge in [0.05, 0.1) is 16.4 Å². The second kappa shape index (κ2) is 6.70. The van der Waals surface area contributed by atoms with Crippen LogP contribution in [0.1, 0.15) is 13.8 Å². The molecule has 0 spiro atoms. The van der Waals surface area contributed by atoms with Crippen molar-refractivity contribution in [3.8, 4) is 0 Å². The molecule has 1 saturated heterocycles. The minimum atomic E-state index is -0.363. The third kappa shape index (κ3) is 3.18. The monoisotopic (exact) mass is 330 g/mol. The van der Waals surface area contributed by atoms with Gasteiger partial charge >= 0.3 is 0 Å². The molecule has 1 aromatic carbocycles. The van der Waals surface area contributed by atoms with E-state index in [1.54, 1.807) is 25.4 Å². The Balaban J connectivity index is 1.93. The molecule has 3 rings (SSSR count). The summed E-state index contributed by atoms with van der Waals surface area (Å²) in [4.78, 5) is 19.5. The number of aliphatic hydroxyl groups is 1. The van der Waals surface area contributed by atoms with Crippen LogP contribution in [0.5, 0.6) is 0 Å². The van der Waals surface area contributed by atoms with Crippen LogP contribution in [0.4, 0.5) is 11.4 Å². The number of fused-ring (bicyclic) bond motifs is 1. The summed E-state index contributed by atoms with van der Waals surface area (Å²) in [6, 6.07) is 5.50. The summed E-state index contributed by atoms with van der Waals surface area (Å²) < 4.78 is 0. The fraction of sp³-hybridized carbons (Fsp3) is 0.471. The van der Waals surface area contributed by atoms with Crippen molar-refractivity contribution in [1.82, 2.24) is 9.88 Å². The lowest BCUT2D eigenvalue weighted by molar-refractivity contribution is -0.383. The molecule has 1 fully saturated rings. The molecule has 1 aliphatic heterocycles. The number of aliphatic hydroxyl groups excluding tert-OH is 1. The second-order valence-electron chi connectivity index (χ2n) is 6.43. The number of benzene rings is 1. The van der Waals surface area contributed by atoms with Crippen LogP contribution in [0.25, 0.3) is 10.8 Å². The van der Waals surface area contributed by atoms with E-state index in [0.29, 0.717) is 11.9 Å². The molecular weight excluding hydrogens is 308 g/mol. The SMILES string of the molecule is CC(O)CN1CCN(c2ccc([N+](=O)[O-])c3cnccc23)C(C)C1. The first-order chi connectivity index (χ1) is 11.5. The van der Waals surface area contributed by atoms with Crippen molar-refractivity contribution < 1.29 is 10.0 Å². The molecule has 2 atom stereocenters. The number of nitro benzene ring substituents is 1. The highest BCUT2D eigenvalue weighted by Crippen LogP contribution is 2.34. The Labute approximate surface area is 140 Å². The van der Waals surface area contributed by atoms with Crippen LogP contribution >= 0.6 is 0 Å². The number of rotatable bonds is 4. The number of non-ortho nitro benzene ring substituents is 1. The number of hydrogen-bond acceptors (Lipinski definition) is 6. The predicted octanol–water partition coefficient (Wildman–Crippen LogP) is 2.03. The van der Waals surface area contributed by atoms with Crippen molar-refractivity contribution in [2.24, 2.45) is 0 Å². The normalized spacial score (nSPS) is 20.3. The standard InChI is InChI=1S/C17H22N4O3/c1-12-10-19(11-13(2)22)7-8-20(12)16-3-4-17(21(23)24)15-9-18-6-5-14(15)16/h3-6,9,12-13,22H,7-8,10-11H2,1-2H3. The summed E-state index contributed by atoms with van der Waals surface area (Å²) in [5.74, 6) is 0. The van der Waals surface area contributed by atoms with Crippen molar-refractivity contribution in [2.45, 2.75) is 26.0 Å². The molecule has 0 amide bonds. The van der Waals surface area contributed by atoms with Crippen molar-refractivity contribution >= 4 is 22.1 Å². The summed E-state index contributed by atoms with van der Waals surface area (Å²) in [7, 11) is 0. The van der Waals surface area contributed by atoms with E-state index in [1.807, 2.05) is 12.1 Å². The van der Waals surface area contributed by atoms with Gasteiger partial charge in [0.1, 0.15) is 0 Å². The number of anilines is 1. The maximum absolute atomic E-state index is 11.2. The van der Waals surface area contributed by atoms with Gasteiger partial charge in [0, 0.05) is 61.8 Å². The minimum absolute atomic E-state index is 0.0854. The van der Waals surface area contributed by atoms with Crippen LogP contribution in [0.3, 0.4) is 0 Å². The Hall–Kier alpha value is -2.25. The quantitative estimate of drug-likeness (QED) is 0.682. The van der Waals surface area contributed by atoms with Gasteiger partial charge in [-0.05, 0) is 26.0 Å². The summed E-state index contributed by atoms with van der Waals surface area (Å²) >= 11 is 0. The van der Waals surface area contributed by atoms with Crippen molar-refractivity contribution in [3.63, 3.8) is 0 Å². The molecule has 0 saturated carbocycles. The van der Waals surface area contributed by atoms with E-state index in [-0.39, 0.29) is 22.8 Å². The van der Waals surface area contributed by atoms with E-state index >= 15 is 0 Å². The lowest BCUT2D eigenvalue weighted by Crippen LogP contribution is -2.53. The van der Waals surface area contributed by atoms with Gasteiger partial charge in [-0.1, -0.05) is 0 Å². The first-order valence-electron chi connectivity index (χ1n) is 8.15. The highest BCUT2D eigenvalue weighted by atomic mass is 16.6. The lowest BCUT2D eigenvalue weighted by Gasteiger charge is -2.42. The number of aromatic nitrogens is 1. The average molecular weight is 330 g/mol. The van der Waals surface area contributed by atoms with Crippen molar-refractivity contribution in [1.29, 1.82) is 0 Å². The Bertz CT molecular complexity index is 750. The van der Waals surface area contributed by atoms with Gasteiger partial charge < -0.3 is 10.0 Å². The number of pyridine rings is 1. The molecule has 7 heteroatoms. The van der Waals surface area contributed by atoms with E-state index in [1.165, 1.54) is 0 Å². The summed E-state index contributed by atoms with van der Waals surface area (Å²) in [6.07, 6.45) is 2.89. The third-order valence-corrected chi connectivity index (χ3v) is 4.51. The molecule has 1 aliphatic rings. The van der Waals surface area contributed by atoms with Crippen LogP contribution in [-0.4, -0.2) is 58.2 Å². The topological polar surface area (TPSA) is 82.7 Å². The maximum Gasteiger partial charge on any atom is 0.278 e. The summed E-state index contributed by atoms with van der Waals surface area (Å²) in [5, 5.41) is 22.2. The first-order valence-corrected chi connectivity index (χ1v) is 8.15. The van der Waals surface area contributed by atoms with Crippen LogP contribution < -0.4 is 4.90 Å². The zero-order valence-electron chi connectivity index (χ0n) is 13.9. The molecule has 2 unspecified atom stereocenters. The van der Waals surface area contributed by atoms with E-state index in [9.17, 15) is 15.2 Å². The van der Waals surface area contributed by atoms with E-state index in [4.69, 9.17) is 0 Å². The average Bonchev–Trinajstić information content (AvgIpc) is 2.53. The Morgan fingerprint density at radius 3 is 2.83 bits per heavy atom. The molecule has 128 valence electrons. The molecule has 0 bridgehead atoms. The van der Waals surface area contributed by atoms with Crippen molar-refractivity contribution in [2.75, 3.05) is 31.1 Å². The van der Waals surface area contributed by atoms with Crippen LogP contribution in [0.2, 0.25) is 0 Å². The largest absolute Gasteiger partial charge is 0.392 e. The lowest BCUT2D eigenvalue weighted by atomic mass is 10.1. The highest BCUT2D eigenvalue weighted by Gasteiger charge is 2.26. The summed E-state index contributed by atoms with van der Waals surface area (Å²) in [6.45, 7) is 7.15. The number of piperazine rings is 1. The zero-order chi connectivity index (χ0) is 17.3. The van der Waals surface area contributed by atoms with Gasteiger partial charge in [0.25, 0.3) is 5.69 Å². The molecule has 0 aliphatic carbocycles. The molecule has 0 radical (unpaired) electrons. The zero-order valence-corrected chi connectivity index (χ0v) is 13.9. The second-order valence-corrected chi connectivity index (χ2v) is 6.43. The van der Waals surface area contributed by atoms with Crippen LogP contribution in [0.15, 0.2) is 30.6 Å². The van der Waals surface area contributed by atoms with Gasteiger partial charge in [-0.25, -0.2) is 0 Å². The predicted molar refractivity (Wildman–Crippen MR) is 93.3 cm³/mol. The molecule has 24 heavy (non-hydrogen) atoms. The molecule has 1 aromatic heterocycles. The third-order valence-electron chi connectivity index (χ3n) is 4.51. The smallest absolute Gasteiger partial charge is 0.278 e. The Kier molecular flexibility index (Phi) is 4.64.